The van der Waals surface area contributed by atoms with Gasteiger partial charge in [0, 0.05) is 17.1 Å². The van der Waals surface area contributed by atoms with E-state index in [2.05, 4.69) is 21.1 Å². The van der Waals surface area contributed by atoms with Crippen molar-refractivity contribution in [1.29, 1.82) is 0 Å². The van der Waals surface area contributed by atoms with Gasteiger partial charge in [-0.3, -0.25) is 0 Å². The molecule has 0 radical (unpaired) electrons. The minimum atomic E-state index is 0.000662. The summed E-state index contributed by atoms with van der Waals surface area (Å²) in [5.74, 6) is 0.0901. The summed E-state index contributed by atoms with van der Waals surface area (Å²) in [7, 11) is 1.65. The van der Waals surface area contributed by atoms with Gasteiger partial charge in [0.1, 0.15) is 0 Å². The highest BCUT2D eigenvalue weighted by Gasteiger charge is 2.09. The van der Waals surface area contributed by atoms with Gasteiger partial charge in [0.25, 0.3) is 0 Å². The maximum atomic E-state index is 8.53. The monoisotopic (exact) mass is 272 g/mol. The van der Waals surface area contributed by atoms with E-state index in [1.807, 2.05) is 13.0 Å². The van der Waals surface area contributed by atoms with Crippen LogP contribution in [0.4, 0.5) is 0 Å². The van der Waals surface area contributed by atoms with E-state index in [1.165, 1.54) is 0 Å². The topological polar surface area (TPSA) is 67.8 Å². The molecule has 0 aromatic heterocycles. The molecule has 0 aliphatic rings. The van der Waals surface area contributed by atoms with E-state index in [1.54, 1.807) is 19.2 Å². The number of methoxy groups -OCH3 is 1. The minimum Gasteiger partial charge on any atom is -0.409 e. The summed E-state index contributed by atoms with van der Waals surface area (Å²) in [4.78, 5) is 0. The van der Waals surface area contributed by atoms with Crippen LogP contribution in [-0.2, 0) is 4.74 Å². The molecule has 15 heavy (non-hydrogen) atoms. The minimum absolute atomic E-state index is 0.000662. The normalized spacial score (nSPS) is 13.9. The highest BCUT2D eigenvalue weighted by Crippen LogP contribution is 2.26. The second-order valence-corrected chi connectivity index (χ2v) is 3.95. The lowest BCUT2D eigenvalue weighted by Gasteiger charge is -2.12. The molecular formula is C10H13BrN2O2. The maximum absolute atomic E-state index is 8.53. The Morgan fingerprint density at radius 2 is 2.27 bits per heavy atom. The summed E-state index contributed by atoms with van der Waals surface area (Å²) >= 11 is 3.41. The van der Waals surface area contributed by atoms with Crippen LogP contribution in [0.5, 0.6) is 0 Å². The van der Waals surface area contributed by atoms with Crippen molar-refractivity contribution in [3.63, 3.8) is 0 Å². The highest BCUT2D eigenvalue weighted by atomic mass is 79.9. The fourth-order valence-electron chi connectivity index (χ4n) is 1.20. The summed E-state index contributed by atoms with van der Waals surface area (Å²) in [5, 5.41) is 11.5. The van der Waals surface area contributed by atoms with Gasteiger partial charge in [0.05, 0.1) is 6.10 Å². The molecule has 3 N–H and O–H groups in total. The Balaban J connectivity index is 3.08. The van der Waals surface area contributed by atoms with Crippen molar-refractivity contribution in [2.75, 3.05) is 7.11 Å². The van der Waals surface area contributed by atoms with E-state index in [-0.39, 0.29) is 11.9 Å². The SMILES string of the molecule is COC(C)c1ccc(/C(N)=N/O)cc1Br. The van der Waals surface area contributed by atoms with Crippen molar-refractivity contribution < 1.29 is 9.94 Å². The summed E-state index contributed by atoms with van der Waals surface area (Å²) in [6.07, 6.45) is 0.000662. The van der Waals surface area contributed by atoms with Gasteiger partial charge in [-0.25, -0.2) is 0 Å². The molecule has 0 saturated carbocycles. The molecular weight excluding hydrogens is 260 g/mol. The fourth-order valence-corrected chi connectivity index (χ4v) is 1.90. The molecule has 1 rings (SSSR count). The van der Waals surface area contributed by atoms with Crippen molar-refractivity contribution in [3.8, 4) is 0 Å². The predicted octanol–water partition coefficient (Wildman–Crippen LogP) is 2.25. The van der Waals surface area contributed by atoms with Gasteiger partial charge in [0.15, 0.2) is 5.84 Å². The van der Waals surface area contributed by atoms with Crippen LogP contribution in [0.3, 0.4) is 0 Å². The lowest BCUT2D eigenvalue weighted by atomic mass is 10.1. The molecule has 0 aliphatic heterocycles. The van der Waals surface area contributed by atoms with Crippen molar-refractivity contribution in [3.05, 3.63) is 33.8 Å². The van der Waals surface area contributed by atoms with Gasteiger partial charge in [-0.2, -0.15) is 0 Å². The molecule has 1 atom stereocenters. The third-order valence-corrected chi connectivity index (χ3v) is 2.88. The zero-order valence-electron chi connectivity index (χ0n) is 8.57. The Morgan fingerprint density at radius 1 is 1.60 bits per heavy atom. The molecule has 0 aliphatic carbocycles. The maximum Gasteiger partial charge on any atom is 0.170 e. The third-order valence-electron chi connectivity index (χ3n) is 2.20. The number of hydrogen-bond acceptors (Lipinski definition) is 3. The molecule has 0 bridgehead atoms. The number of nitrogens with zero attached hydrogens (tertiary/aromatic N) is 1. The van der Waals surface area contributed by atoms with Gasteiger partial charge in [-0.05, 0) is 18.6 Å². The molecule has 1 aromatic rings. The van der Waals surface area contributed by atoms with Crippen LogP contribution in [0.2, 0.25) is 0 Å². The summed E-state index contributed by atoms with van der Waals surface area (Å²) in [6, 6.07) is 5.45. The van der Waals surface area contributed by atoms with Crippen LogP contribution in [-0.4, -0.2) is 18.2 Å². The van der Waals surface area contributed by atoms with Gasteiger partial charge < -0.3 is 15.7 Å². The molecule has 0 spiro atoms. The van der Waals surface area contributed by atoms with Gasteiger partial charge in [-0.15, -0.1) is 0 Å². The first-order chi connectivity index (χ1) is 7.10. The van der Waals surface area contributed by atoms with Gasteiger partial charge >= 0.3 is 0 Å². The first-order valence-corrected chi connectivity index (χ1v) is 5.19. The van der Waals surface area contributed by atoms with Gasteiger partial charge in [0.2, 0.25) is 0 Å². The van der Waals surface area contributed by atoms with E-state index in [9.17, 15) is 0 Å². The van der Waals surface area contributed by atoms with E-state index in [0.29, 0.717) is 5.56 Å². The molecule has 0 heterocycles. The first-order valence-electron chi connectivity index (χ1n) is 4.40. The second-order valence-electron chi connectivity index (χ2n) is 3.10. The van der Waals surface area contributed by atoms with Crippen molar-refractivity contribution in [2.24, 2.45) is 10.9 Å². The Labute approximate surface area is 96.9 Å². The highest BCUT2D eigenvalue weighted by molar-refractivity contribution is 9.10. The molecule has 82 valence electrons. The zero-order chi connectivity index (χ0) is 11.4. The van der Waals surface area contributed by atoms with Crippen LogP contribution in [0, 0.1) is 0 Å². The molecule has 0 fully saturated rings. The lowest BCUT2D eigenvalue weighted by molar-refractivity contribution is 0.119. The first kappa shape index (κ1) is 12.0. The Morgan fingerprint density at radius 3 is 2.73 bits per heavy atom. The number of ether oxygens (including phenoxy) is 1. The Hall–Kier alpha value is -1.07. The Kier molecular flexibility index (Phi) is 4.11. The quantitative estimate of drug-likeness (QED) is 0.384. The smallest absolute Gasteiger partial charge is 0.170 e. The molecule has 1 unspecified atom stereocenters. The zero-order valence-corrected chi connectivity index (χ0v) is 10.2. The molecule has 4 nitrogen and oxygen atoms in total. The van der Waals surface area contributed by atoms with E-state index in [4.69, 9.17) is 15.7 Å². The van der Waals surface area contributed by atoms with Crippen molar-refractivity contribution in [2.45, 2.75) is 13.0 Å². The standard InChI is InChI=1S/C10H13BrN2O2/c1-6(15-2)8-4-3-7(5-9(8)11)10(12)13-14/h3-6,14H,1-2H3,(H2,12,13). The third kappa shape index (κ3) is 2.70. The summed E-state index contributed by atoms with van der Waals surface area (Å²) in [6.45, 7) is 1.95. The molecule has 5 heteroatoms. The van der Waals surface area contributed by atoms with Gasteiger partial charge in [-0.1, -0.05) is 33.2 Å². The van der Waals surface area contributed by atoms with Crippen molar-refractivity contribution >= 4 is 21.8 Å². The average Bonchev–Trinajstić information content (AvgIpc) is 2.26. The fraction of sp³-hybridized carbons (Fsp3) is 0.300. The number of oxime groups is 1. The van der Waals surface area contributed by atoms with E-state index >= 15 is 0 Å². The van der Waals surface area contributed by atoms with E-state index in [0.717, 1.165) is 10.0 Å². The number of nitrogens with two attached hydrogens (primary N) is 1. The molecule has 1 aromatic carbocycles. The van der Waals surface area contributed by atoms with Crippen molar-refractivity contribution in [1.82, 2.24) is 0 Å². The lowest BCUT2D eigenvalue weighted by Crippen LogP contribution is -2.13. The van der Waals surface area contributed by atoms with Crippen LogP contribution >= 0.6 is 15.9 Å². The number of hydrogen-bond donors (Lipinski definition) is 2. The molecule has 0 amide bonds. The largest absolute Gasteiger partial charge is 0.409 e. The van der Waals surface area contributed by atoms with Crippen LogP contribution in [0.15, 0.2) is 27.8 Å². The summed E-state index contributed by atoms with van der Waals surface area (Å²) in [5.41, 5.74) is 7.15. The number of halogens is 1. The molecule has 0 saturated heterocycles. The van der Waals surface area contributed by atoms with Crippen LogP contribution < -0.4 is 5.73 Å². The number of benzene rings is 1. The Bertz CT molecular complexity index is 380. The number of amidine groups is 1. The van der Waals surface area contributed by atoms with Crippen LogP contribution in [0.25, 0.3) is 0 Å². The predicted molar refractivity (Wildman–Crippen MR) is 62.1 cm³/mol. The van der Waals surface area contributed by atoms with E-state index < -0.39 is 0 Å². The average molecular weight is 273 g/mol. The number of rotatable bonds is 3. The summed E-state index contributed by atoms with van der Waals surface area (Å²) < 4.78 is 6.08. The second kappa shape index (κ2) is 5.14. The van der Waals surface area contributed by atoms with Crippen LogP contribution in [0.1, 0.15) is 24.2 Å².